The van der Waals surface area contributed by atoms with E-state index in [9.17, 15) is 0 Å². The van der Waals surface area contributed by atoms with Gasteiger partial charge in [-0.1, -0.05) is 16.8 Å². The lowest BCUT2D eigenvalue weighted by Crippen LogP contribution is -2.15. The largest absolute Gasteiger partial charge is 0.376 e. The molecule has 3 aromatic heterocycles. The van der Waals surface area contributed by atoms with Crippen LogP contribution in [-0.2, 0) is 28.0 Å². The maximum absolute atomic E-state index is 6.41. The van der Waals surface area contributed by atoms with Crippen LogP contribution in [0.5, 0.6) is 0 Å². The van der Waals surface area contributed by atoms with Crippen molar-refractivity contribution >= 4 is 11.6 Å². The number of hydrogen-bond acceptors (Lipinski definition) is 7. The van der Waals surface area contributed by atoms with Gasteiger partial charge in [0.1, 0.15) is 17.6 Å². The fourth-order valence-corrected chi connectivity index (χ4v) is 5.23. The molecule has 9 nitrogen and oxygen atoms in total. The smallest absolute Gasteiger partial charge is 0.259 e. The van der Waals surface area contributed by atoms with Crippen LogP contribution in [0.25, 0.3) is 28.5 Å². The molecule has 1 unspecified atom stereocenters. The Labute approximate surface area is 200 Å². The zero-order valence-electron chi connectivity index (χ0n) is 18.7. The molecule has 1 aromatic carbocycles. The minimum atomic E-state index is -0.443. The number of rotatable bonds is 5. The van der Waals surface area contributed by atoms with Crippen molar-refractivity contribution in [3.8, 4) is 28.5 Å². The van der Waals surface area contributed by atoms with Gasteiger partial charge < -0.3 is 18.6 Å². The van der Waals surface area contributed by atoms with E-state index in [1.165, 1.54) is 0 Å². The van der Waals surface area contributed by atoms with E-state index >= 15 is 0 Å². The molecule has 0 bridgehead atoms. The van der Waals surface area contributed by atoms with Crippen LogP contribution in [0.4, 0.5) is 0 Å². The third-order valence-corrected chi connectivity index (χ3v) is 7.31. The number of benzene rings is 1. The van der Waals surface area contributed by atoms with Crippen molar-refractivity contribution in [3.63, 3.8) is 0 Å². The second kappa shape index (κ2) is 7.49. The first-order valence-electron chi connectivity index (χ1n) is 11.6. The minimum absolute atomic E-state index is 0.205. The maximum atomic E-state index is 6.41. The van der Waals surface area contributed by atoms with Crippen LogP contribution in [-0.4, -0.2) is 49.3 Å². The topological polar surface area (TPSA) is 93.0 Å². The van der Waals surface area contributed by atoms with E-state index in [-0.39, 0.29) is 6.10 Å². The number of aromatic nitrogens is 6. The first-order chi connectivity index (χ1) is 16.6. The molecule has 0 N–H and O–H groups in total. The normalized spacial score (nSPS) is 20.0. The number of ether oxygens (including phenoxy) is 2. The van der Waals surface area contributed by atoms with E-state index < -0.39 is 5.60 Å². The highest BCUT2D eigenvalue weighted by Crippen LogP contribution is 2.48. The molecule has 4 aromatic rings. The van der Waals surface area contributed by atoms with E-state index in [1.54, 1.807) is 7.11 Å². The van der Waals surface area contributed by atoms with Gasteiger partial charge in [-0.2, -0.15) is 10.1 Å². The lowest BCUT2D eigenvalue weighted by atomic mass is 10.0. The van der Waals surface area contributed by atoms with Crippen LogP contribution in [0.2, 0.25) is 5.02 Å². The second-order valence-electron chi connectivity index (χ2n) is 9.23. The first kappa shape index (κ1) is 20.4. The third kappa shape index (κ3) is 3.14. The highest BCUT2D eigenvalue weighted by Gasteiger charge is 2.50. The Morgan fingerprint density at radius 3 is 2.97 bits per heavy atom. The van der Waals surface area contributed by atoms with Crippen LogP contribution in [0, 0.1) is 0 Å². The molecule has 0 amide bonds. The SMILES string of the molecule is COC1(c2nc(-c3ncn4c3Cc3cn(CC5CCCO5)nc3-c3cc(Cl)ccc3-4)no2)CC1. The molecule has 1 aliphatic carbocycles. The van der Waals surface area contributed by atoms with Crippen LogP contribution < -0.4 is 0 Å². The number of methoxy groups -OCH3 is 1. The number of nitrogens with zero attached hydrogens (tertiary/aromatic N) is 6. The highest BCUT2D eigenvalue weighted by molar-refractivity contribution is 6.31. The summed E-state index contributed by atoms with van der Waals surface area (Å²) in [5.74, 6) is 0.982. The molecular weight excluding hydrogens is 456 g/mol. The van der Waals surface area contributed by atoms with Gasteiger partial charge in [-0.05, 0) is 43.9 Å². The predicted molar refractivity (Wildman–Crippen MR) is 123 cm³/mol. The molecule has 10 heteroatoms. The molecule has 0 spiro atoms. The predicted octanol–water partition coefficient (Wildman–Crippen LogP) is 4.16. The molecule has 2 fully saturated rings. The Bertz CT molecular complexity index is 1400. The van der Waals surface area contributed by atoms with Gasteiger partial charge in [-0.15, -0.1) is 0 Å². The van der Waals surface area contributed by atoms with Crippen molar-refractivity contribution < 1.29 is 14.0 Å². The monoisotopic (exact) mass is 478 g/mol. The van der Waals surface area contributed by atoms with Gasteiger partial charge in [0.2, 0.25) is 5.82 Å². The minimum Gasteiger partial charge on any atom is -0.376 e. The van der Waals surface area contributed by atoms with E-state index in [0.717, 1.165) is 67.0 Å². The van der Waals surface area contributed by atoms with Gasteiger partial charge in [0.25, 0.3) is 5.89 Å². The molecule has 1 saturated heterocycles. The molecule has 3 aliphatic rings. The van der Waals surface area contributed by atoms with Crippen molar-refractivity contribution in [1.29, 1.82) is 0 Å². The summed E-state index contributed by atoms with van der Waals surface area (Å²) in [6.45, 7) is 1.56. The van der Waals surface area contributed by atoms with Crippen LogP contribution >= 0.6 is 11.6 Å². The zero-order valence-corrected chi connectivity index (χ0v) is 19.5. The summed E-state index contributed by atoms with van der Waals surface area (Å²) in [5, 5.41) is 9.87. The molecule has 5 heterocycles. The summed E-state index contributed by atoms with van der Waals surface area (Å²) >= 11 is 6.41. The molecule has 34 heavy (non-hydrogen) atoms. The van der Waals surface area contributed by atoms with Gasteiger partial charge in [0.15, 0.2) is 0 Å². The summed E-state index contributed by atoms with van der Waals surface area (Å²) in [6.07, 6.45) is 8.68. The summed E-state index contributed by atoms with van der Waals surface area (Å²) in [4.78, 5) is 9.35. The van der Waals surface area contributed by atoms with Crippen molar-refractivity contribution in [2.45, 2.75) is 50.4 Å². The molecule has 1 saturated carbocycles. The maximum Gasteiger partial charge on any atom is 0.259 e. The number of halogens is 1. The first-order valence-corrected chi connectivity index (χ1v) is 12.0. The Kier molecular flexibility index (Phi) is 4.49. The molecule has 1 atom stereocenters. The Hall–Kier alpha value is -3.01. The second-order valence-corrected chi connectivity index (χ2v) is 9.67. The molecule has 0 radical (unpaired) electrons. The molecule has 7 rings (SSSR count). The average Bonchev–Trinajstić information content (AvgIpc) is 3.29. The lowest BCUT2D eigenvalue weighted by Gasteiger charge is -2.11. The zero-order chi connectivity index (χ0) is 22.9. The van der Waals surface area contributed by atoms with E-state index in [1.807, 2.05) is 29.2 Å². The Morgan fingerprint density at radius 2 is 2.18 bits per heavy atom. The van der Waals surface area contributed by atoms with Gasteiger partial charge >= 0.3 is 0 Å². The van der Waals surface area contributed by atoms with E-state index in [0.29, 0.717) is 28.9 Å². The number of imidazole rings is 1. The average molecular weight is 479 g/mol. The summed E-state index contributed by atoms with van der Waals surface area (Å²) in [5.41, 5.74) is 5.20. The van der Waals surface area contributed by atoms with E-state index in [4.69, 9.17) is 35.7 Å². The Balaban J connectivity index is 1.33. The third-order valence-electron chi connectivity index (χ3n) is 7.07. The Morgan fingerprint density at radius 1 is 1.26 bits per heavy atom. The quantitative estimate of drug-likeness (QED) is 0.374. The standard InChI is InChI=1S/C24H23ClN6O3/c1-32-24(6-7-24)23-27-22(29-34-23)21-19-9-14-11-30(12-16-3-2-8-33-16)28-20(14)17-10-15(25)4-5-18(17)31(19)13-26-21/h4-5,10-11,13,16H,2-3,6-9,12H2,1H3. The van der Waals surface area contributed by atoms with Crippen molar-refractivity contribution in [1.82, 2.24) is 29.5 Å². The summed E-state index contributed by atoms with van der Waals surface area (Å²) in [6, 6.07) is 5.86. The lowest BCUT2D eigenvalue weighted by molar-refractivity contribution is 0.0492. The molecule has 174 valence electrons. The molecule has 2 aliphatic heterocycles. The number of hydrogen-bond donors (Lipinski definition) is 0. The van der Waals surface area contributed by atoms with Crippen molar-refractivity contribution in [3.05, 3.63) is 52.9 Å². The van der Waals surface area contributed by atoms with Gasteiger partial charge in [-0.25, -0.2) is 4.98 Å². The summed E-state index contributed by atoms with van der Waals surface area (Å²) < 4.78 is 21.1. The van der Waals surface area contributed by atoms with Crippen molar-refractivity contribution in [2.24, 2.45) is 0 Å². The fraction of sp³-hybridized carbons (Fsp3) is 0.417. The van der Waals surface area contributed by atoms with Crippen LogP contribution in [0.15, 0.2) is 35.2 Å². The van der Waals surface area contributed by atoms with Gasteiger partial charge in [0, 0.05) is 42.5 Å². The van der Waals surface area contributed by atoms with Gasteiger partial charge in [0.05, 0.1) is 29.7 Å². The highest BCUT2D eigenvalue weighted by atomic mass is 35.5. The van der Waals surface area contributed by atoms with Crippen molar-refractivity contribution in [2.75, 3.05) is 13.7 Å². The fourth-order valence-electron chi connectivity index (χ4n) is 5.06. The van der Waals surface area contributed by atoms with Crippen LogP contribution in [0.1, 0.15) is 42.8 Å². The number of fused-ring (bicyclic) bond motifs is 5. The molecular formula is C24H23ClN6O3. The van der Waals surface area contributed by atoms with Crippen LogP contribution in [0.3, 0.4) is 0 Å². The summed E-state index contributed by atoms with van der Waals surface area (Å²) in [7, 11) is 1.68. The van der Waals surface area contributed by atoms with Gasteiger partial charge in [-0.3, -0.25) is 4.68 Å². The van der Waals surface area contributed by atoms with E-state index in [2.05, 4.69) is 20.9 Å².